The van der Waals surface area contributed by atoms with Gasteiger partial charge in [-0.3, -0.25) is 4.99 Å². The van der Waals surface area contributed by atoms with Crippen molar-refractivity contribution in [2.45, 2.75) is 6.92 Å². The number of aromatic nitrogens is 1. The second-order valence-corrected chi connectivity index (χ2v) is 3.48. The van der Waals surface area contributed by atoms with Gasteiger partial charge in [0.1, 0.15) is 10.5 Å². The maximum absolute atomic E-state index is 13.4. The molecule has 1 heterocycles. The summed E-state index contributed by atoms with van der Waals surface area (Å²) in [5.41, 5.74) is 6.33. The van der Waals surface area contributed by atoms with Crippen molar-refractivity contribution in [2.24, 2.45) is 10.7 Å². The molecule has 0 fully saturated rings. The number of rotatable bonds is 3. The van der Waals surface area contributed by atoms with E-state index in [4.69, 9.17) is 24.5 Å². The van der Waals surface area contributed by atoms with E-state index in [1.54, 1.807) is 6.92 Å². The first-order valence-electron chi connectivity index (χ1n) is 4.27. The van der Waals surface area contributed by atoms with Crippen LogP contribution in [-0.4, -0.2) is 17.2 Å². The maximum Gasteiger partial charge on any atom is 1.00 e. The number of nitrogens with one attached hydrogen (secondary N) is 1. The Morgan fingerprint density at radius 2 is 2.24 bits per heavy atom. The Morgan fingerprint density at radius 3 is 2.71 bits per heavy atom. The van der Waals surface area contributed by atoms with Gasteiger partial charge in [0.15, 0.2) is 0 Å². The van der Waals surface area contributed by atoms with Crippen LogP contribution in [0.4, 0.5) is 4.39 Å². The largest absolute Gasteiger partial charge is 1.00 e. The summed E-state index contributed by atoms with van der Waals surface area (Å²) in [5, 5.41) is 0. The van der Waals surface area contributed by atoms with Gasteiger partial charge in [-0.05, 0) is 6.92 Å². The number of aliphatic imine (C=N–C) groups is 1. The second kappa shape index (κ2) is 8.24. The van der Waals surface area contributed by atoms with Gasteiger partial charge in [0.25, 0.3) is 0 Å². The number of nitrogens with two attached hydrogens (primary N) is 1. The molecule has 6 heteroatoms. The van der Waals surface area contributed by atoms with Crippen molar-refractivity contribution in [3.05, 3.63) is 48.0 Å². The zero-order valence-corrected chi connectivity index (χ0v) is 11.1. The van der Waals surface area contributed by atoms with Crippen LogP contribution in [0.5, 0.6) is 0 Å². The van der Waals surface area contributed by atoms with Crippen molar-refractivity contribution in [1.82, 2.24) is 4.98 Å². The first-order valence-corrected chi connectivity index (χ1v) is 4.68. The van der Waals surface area contributed by atoms with Crippen LogP contribution in [0.1, 0.15) is 12.5 Å². The van der Waals surface area contributed by atoms with Gasteiger partial charge in [0, 0.05) is 30.1 Å². The van der Waals surface area contributed by atoms with Crippen molar-refractivity contribution >= 4 is 17.9 Å². The predicted molar refractivity (Wildman–Crippen MR) is 67.1 cm³/mol. The Balaban J connectivity index is 0. The van der Waals surface area contributed by atoms with E-state index in [1.165, 1.54) is 12.3 Å². The molecule has 0 unspecified atom stereocenters. The van der Waals surface area contributed by atoms with Gasteiger partial charge in [-0.25, -0.2) is 4.39 Å². The average Bonchev–Trinajstić information content (AvgIpc) is 2.14. The van der Waals surface area contributed by atoms with Crippen LogP contribution >= 0.6 is 12.2 Å². The summed E-state index contributed by atoms with van der Waals surface area (Å²) in [4.78, 5) is 6.75. The van der Waals surface area contributed by atoms with Crippen LogP contribution in [0.15, 0.2) is 23.0 Å². The van der Waals surface area contributed by atoms with Crippen LogP contribution in [-0.2, 0) is 0 Å². The summed E-state index contributed by atoms with van der Waals surface area (Å²) in [6.45, 7) is 7.11. The fourth-order valence-corrected chi connectivity index (χ4v) is 1.18. The molecular formula is C11H14FLiN3S-. The maximum atomic E-state index is 13.4. The average molecular weight is 246 g/mol. The van der Waals surface area contributed by atoms with E-state index in [9.17, 15) is 4.39 Å². The first kappa shape index (κ1) is 18.5. The van der Waals surface area contributed by atoms with Crippen LogP contribution in [0.25, 0.3) is 0 Å². The molecule has 0 amide bonds. The molecule has 17 heavy (non-hydrogen) atoms. The second-order valence-electron chi connectivity index (χ2n) is 3.04. The molecule has 0 spiro atoms. The molecule has 0 saturated heterocycles. The minimum absolute atomic E-state index is 0. The third-order valence-corrected chi connectivity index (χ3v) is 2.00. The van der Waals surface area contributed by atoms with Crippen LogP contribution in [0, 0.1) is 24.5 Å². The summed E-state index contributed by atoms with van der Waals surface area (Å²) >= 11 is 4.77. The molecule has 88 valence electrons. The number of halogens is 1. The van der Waals surface area contributed by atoms with Crippen molar-refractivity contribution in [3.8, 4) is 0 Å². The number of hydrogen-bond donors (Lipinski definition) is 2. The molecular weight excluding hydrogens is 232 g/mol. The van der Waals surface area contributed by atoms with E-state index in [0.717, 1.165) is 0 Å². The zero-order valence-electron chi connectivity index (χ0n) is 10.2. The molecule has 0 saturated carbocycles. The van der Waals surface area contributed by atoms with Crippen molar-refractivity contribution in [1.29, 1.82) is 0 Å². The van der Waals surface area contributed by atoms with Gasteiger partial charge < -0.3 is 24.7 Å². The molecule has 0 aromatic carbocycles. The van der Waals surface area contributed by atoms with Gasteiger partial charge in [-0.15, -0.1) is 0 Å². The molecule has 0 atom stereocenters. The topological polar surface area (TPSA) is 54.2 Å². The van der Waals surface area contributed by atoms with E-state index in [0.29, 0.717) is 15.9 Å². The summed E-state index contributed by atoms with van der Waals surface area (Å²) < 4.78 is 13.7. The van der Waals surface area contributed by atoms with Crippen LogP contribution < -0.4 is 24.6 Å². The van der Waals surface area contributed by atoms with Gasteiger partial charge in [0.05, 0.1) is 0 Å². The van der Waals surface area contributed by atoms with Gasteiger partial charge in [-0.2, -0.15) is 5.70 Å². The summed E-state index contributed by atoms with van der Waals surface area (Å²) in [6.07, 6.45) is 1.48. The van der Waals surface area contributed by atoms with Crippen molar-refractivity contribution in [2.75, 3.05) is 6.54 Å². The standard InChI is InChI=1S/C10H11FN3S.CH3.Li/c1-6(12)4-13-7(2)8-5-14-10(15)3-9(8)11;;/h1,3,5H,4,12H2,2H3,(H,14,15);1H3;/q2*-1;+1. The van der Waals surface area contributed by atoms with Crippen LogP contribution in [0.3, 0.4) is 0 Å². The minimum Gasteiger partial charge on any atom is -0.492 e. The quantitative estimate of drug-likeness (QED) is 0.324. The Morgan fingerprint density at radius 1 is 1.65 bits per heavy atom. The van der Waals surface area contributed by atoms with Crippen molar-refractivity contribution < 1.29 is 23.3 Å². The smallest absolute Gasteiger partial charge is 0.492 e. The molecule has 0 aliphatic carbocycles. The number of aromatic amines is 1. The SMILES string of the molecule is [CH-]=C(N)CN=C(C)c1c[nH]c(=S)cc1F.[CH3-].[Li+]. The molecule has 0 bridgehead atoms. The molecule has 0 radical (unpaired) electrons. The minimum atomic E-state index is -0.407. The normalized spacial score (nSPS) is 10.1. The van der Waals surface area contributed by atoms with Crippen molar-refractivity contribution in [3.63, 3.8) is 0 Å². The Labute approximate surface area is 118 Å². The third-order valence-electron chi connectivity index (χ3n) is 1.76. The molecule has 0 aliphatic heterocycles. The van der Waals surface area contributed by atoms with Gasteiger partial charge in [0.2, 0.25) is 0 Å². The number of pyridine rings is 1. The monoisotopic (exact) mass is 246 g/mol. The summed E-state index contributed by atoms with van der Waals surface area (Å²) in [6, 6.07) is 1.24. The molecule has 1 rings (SSSR count). The fraction of sp³-hybridized carbons (Fsp3) is 0.182. The molecule has 3 nitrogen and oxygen atoms in total. The Hall–Kier alpha value is -0.893. The van der Waals surface area contributed by atoms with E-state index < -0.39 is 5.82 Å². The Kier molecular flexibility index (Phi) is 8.95. The van der Waals surface area contributed by atoms with E-state index >= 15 is 0 Å². The zero-order chi connectivity index (χ0) is 11.4. The number of nitrogens with zero attached hydrogens (tertiary/aromatic N) is 1. The van der Waals surface area contributed by atoms with Crippen LogP contribution in [0.2, 0.25) is 0 Å². The molecule has 1 aromatic rings. The third kappa shape index (κ3) is 5.83. The molecule has 0 aliphatic rings. The predicted octanol–water partition coefficient (Wildman–Crippen LogP) is -0.578. The molecule has 1 aromatic heterocycles. The fourth-order valence-electron chi connectivity index (χ4n) is 1.02. The summed E-state index contributed by atoms with van der Waals surface area (Å²) in [7, 11) is 0. The number of hydrogen-bond acceptors (Lipinski definition) is 3. The number of H-pyrrole nitrogens is 1. The van der Waals surface area contributed by atoms with E-state index in [-0.39, 0.29) is 38.5 Å². The summed E-state index contributed by atoms with van der Waals surface area (Å²) in [5.74, 6) is -0.407. The van der Waals surface area contributed by atoms with E-state index in [1.807, 2.05) is 0 Å². The van der Waals surface area contributed by atoms with Gasteiger partial charge >= 0.3 is 18.9 Å². The van der Waals surface area contributed by atoms with Gasteiger partial charge in [-0.1, -0.05) is 12.2 Å². The van der Waals surface area contributed by atoms with E-state index in [2.05, 4.69) is 9.98 Å². The first-order chi connectivity index (χ1) is 7.00. The Bertz CT molecular complexity index is 468. The molecule has 3 N–H and O–H groups in total.